The molecule has 2 amide bonds. The molecule has 0 aliphatic heterocycles. The number of carbonyl (C=O) groups is 1. The van der Waals surface area contributed by atoms with Gasteiger partial charge in [0.1, 0.15) is 18.4 Å². The SMILES string of the molecule is Cc1cc(O)ccc1NC(=O)Nc1ccccc1Cn1cncn1. The fraction of sp³-hybridized carbons (Fsp3) is 0.118. The highest BCUT2D eigenvalue weighted by molar-refractivity contribution is 6.00. The number of amides is 2. The maximum Gasteiger partial charge on any atom is 0.323 e. The summed E-state index contributed by atoms with van der Waals surface area (Å²) in [7, 11) is 0. The van der Waals surface area contributed by atoms with Crippen LogP contribution in [0.25, 0.3) is 0 Å². The molecule has 0 saturated heterocycles. The fourth-order valence-corrected chi connectivity index (χ4v) is 2.33. The zero-order valence-corrected chi connectivity index (χ0v) is 13.1. The average Bonchev–Trinajstić information content (AvgIpc) is 3.05. The molecule has 0 radical (unpaired) electrons. The quantitative estimate of drug-likeness (QED) is 0.644. The fourth-order valence-electron chi connectivity index (χ4n) is 2.33. The first kappa shape index (κ1) is 15.5. The summed E-state index contributed by atoms with van der Waals surface area (Å²) in [6, 6.07) is 11.9. The number of hydrogen-bond acceptors (Lipinski definition) is 4. The van der Waals surface area contributed by atoms with Crippen molar-refractivity contribution in [1.82, 2.24) is 14.8 Å². The summed E-state index contributed by atoms with van der Waals surface area (Å²) >= 11 is 0. The van der Waals surface area contributed by atoms with Crippen LogP contribution in [0.4, 0.5) is 16.2 Å². The molecule has 0 bridgehead atoms. The highest BCUT2D eigenvalue weighted by atomic mass is 16.3. The van der Waals surface area contributed by atoms with Crippen molar-refractivity contribution in [1.29, 1.82) is 0 Å². The number of anilines is 2. The first-order valence-corrected chi connectivity index (χ1v) is 7.40. The van der Waals surface area contributed by atoms with Crippen molar-refractivity contribution >= 4 is 17.4 Å². The zero-order valence-electron chi connectivity index (χ0n) is 13.1. The van der Waals surface area contributed by atoms with Gasteiger partial charge in [-0.25, -0.2) is 14.5 Å². The van der Waals surface area contributed by atoms with Crippen molar-refractivity contribution < 1.29 is 9.90 Å². The number of phenolic OH excluding ortho intramolecular Hbond substituents is 1. The largest absolute Gasteiger partial charge is 0.508 e. The van der Waals surface area contributed by atoms with Crippen molar-refractivity contribution in [3.8, 4) is 5.75 Å². The van der Waals surface area contributed by atoms with E-state index in [0.717, 1.165) is 11.1 Å². The number of hydrogen-bond donors (Lipinski definition) is 3. The van der Waals surface area contributed by atoms with Gasteiger partial charge in [-0.1, -0.05) is 18.2 Å². The molecule has 24 heavy (non-hydrogen) atoms. The minimum Gasteiger partial charge on any atom is -0.508 e. The Balaban J connectivity index is 1.72. The van der Waals surface area contributed by atoms with E-state index in [4.69, 9.17) is 0 Å². The summed E-state index contributed by atoms with van der Waals surface area (Å²) in [6.07, 6.45) is 3.09. The smallest absolute Gasteiger partial charge is 0.323 e. The van der Waals surface area contributed by atoms with Gasteiger partial charge in [-0.2, -0.15) is 5.10 Å². The van der Waals surface area contributed by atoms with Crippen LogP contribution in [-0.2, 0) is 6.54 Å². The minimum atomic E-state index is -0.352. The number of aromatic nitrogens is 3. The van der Waals surface area contributed by atoms with Crippen LogP contribution in [0.5, 0.6) is 5.75 Å². The molecule has 0 fully saturated rings. The van der Waals surface area contributed by atoms with Gasteiger partial charge in [0.05, 0.1) is 6.54 Å². The molecule has 0 aliphatic carbocycles. The van der Waals surface area contributed by atoms with Crippen LogP contribution < -0.4 is 10.6 Å². The van der Waals surface area contributed by atoms with Crippen LogP contribution in [0.15, 0.2) is 55.1 Å². The third-order valence-corrected chi connectivity index (χ3v) is 3.52. The monoisotopic (exact) mass is 323 g/mol. The highest BCUT2D eigenvalue weighted by Crippen LogP contribution is 2.21. The molecule has 1 aromatic heterocycles. The van der Waals surface area contributed by atoms with E-state index in [1.54, 1.807) is 23.1 Å². The molecule has 0 spiro atoms. The number of nitrogens with zero attached hydrogens (tertiary/aromatic N) is 3. The van der Waals surface area contributed by atoms with Gasteiger partial charge in [-0.3, -0.25) is 0 Å². The predicted octanol–water partition coefficient (Wildman–Crippen LogP) is 2.98. The lowest BCUT2D eigenvalue weighted by molar-refractivity contribution is 0.262. The van der Waals surface area contributed by atoms with E-state index >= 15 is 0 Å². The Hall–Kier alpha value is -3.35. The zero-order chi connectivity index (χ0) is 16.9. The molecule has 3 N–H and O–H groups in total. The van der Waals surface area contributed by atoms with E-state index in [2.05, 4.69) is 20.7 Å². The molecular weight excluding hydrogens is 306 g/mol. The van der Waals surface area contributed by atoms with Gasteiger partial charge in [-0.15, -0.1) is 0 Å². The molecule has 0 aliphatic rings. The molecule has 1 heterocycles. The number of aryl methyl sites for hydroxylation is 1. The second kappa shape index (κ2) is 6.82. The van der Waals surface area contributed by atoms with E-state index in [0.29, 0.717) is 17.9 Å². The van der Waals surface area contributed by atoms with E-state index in [1.165, 1.54) is 12.4 Å². The van der Waals surface area contributed by atoms with Crippen LogP contribution in [0.2, 0.25) is 0 Å². The number of aromatic hydroxyl groups is 1. The molecular formula is C17H17N5O2. The third-order valence-electron chi connectivity index (χ3n) is 3.52. The Morgan fingerprint density at radius 1 is 1.17 bits per heavy atom. The van der Waals surface area contributed by atoms with E-state index in [-0.39, 0.29) is 11.8 Å². The summed E-state index contributed by atoms with van der Waals surface area (Å²) in [5.74, 6) is 0.164. The molecule has 2 aromatic carbocycles. The molecule has 7 heteroatoms. The minimum absolute atomic E-state index is 0.164. The summed E-state index contributed by atoms with van der Waals surface area (Å²) in [5, 5.41) is 19.1. The Labute approximate surface area is 139 Å². The number of phenols is 1. The Kier molecular flexibility index (Phi) is 4.42. The maximum atomic E-state index is 12.3. The molecule has 0 unspecified atom stereocenters. The van der Waals surface area contributed by atoms with Crippen molar-refractivity contribution in [3.63, 3.8) is 0 Å². The average molecular weight is 323 g/mol. The van der Waals surface area contributed by atoms with Gasteiger partial charge in [0.25, 0.3) is 0 Å². The van der Waals surface area contributed by atoms with Crippen LogP contribution in [-0.4, -0.2) is 25.9 Å². The molecule has 3 rings (SSSR count). The second-order valence-electron chi connectivity index (χ2n) is 5.33. The van der Waals surface area contributed by atoms with Crippen molar-refractivity contribution in [2.45, 2.75) is 13.5 Å². The van der Waals surface area contributed by atoms with E-state index in [1.807, 2.05) is 31.2 Å². The first-order valence-electron chi connectivity index (χ1n) is 7.40. The van der Waals surface area contributed by atoms with Gasteiger partial charge in [0.2, 0.25) is 0 Å². The van der Waals surface area contributed by atoms with Crippen molar-refractivity contribution in [3.05, 3.63) is 66.2 Å². The molecule has 3 aromatic rings. The summed E-state index contributed by atoms with van der Waals surface area (Å²) in [4.78, 5) is 16.2. The number of rotatable bonds is 4. The number of para-hydroxylation sites is 1. The number of carbonyl (C=O) groups excluding carboxylic acids is 1. The number of nitrogens with one attached hydrogen (secondary N) is 2. The summed E-state index contributed by atoms with van der Waals surface area (Å²) in [5.41, 5.74) is 3.03. The van der Waals surface area contributed by atoms with Gasteiger partial charge >= 0.3 is 6.03 Å². The third kappa shape index (κ3) is 3.70. The topological polar surface area (TPSA) is 92.1 Å². The van der Waals surface area contributed by atoms with E-state index < -0.39 is 0 Å². The normalized spacial score (nSPS) is 10.4. The van der Waals surface area contributed by atoms with Crippen molar-refractivity contribution in [2.24, 2.45) is 0 Å². The van der Waals surface area contributed by atoms with Gasteiger partial charge in [0, 0.05) is 11.4 Å². The molecule has 0 atom stereocenters. The first-order chi connectivity index (χ1) is 11.6. The van der Waals surface area contributed by atoms with Crippen LogP contribution in [0.3, 0.4) is 0 Å². The lowest BCUT2D eigenvalue weighted by Crippen LogP contribution is -2.21. The van der Waals surface area contributed by atoms with Crippen molar-refractivity contribution in [2.75, 3.05) is 10.6 Å². The predicted molar refractivity (Wildman–Crippen MR) is 91.1 cm³/mol. The Morgan fingerprint density at radius 2 is 1.96 bits per heavy atom. The summed E-state index contributed by atoms with van der Waals surface area (Å²) in [6.45, 7) is 2.32. The van der Waals surface area contributed by atoms with Gasteiger partial charge in [0.15, 0.2) is 0 Å². The lowest BCUT2D eigenvalue weighted by Gasteiger charge is -2.13. The van der Waals surface area contributed by atoms with Crippen LogP contribution in [0.1, 0.15) is 11.1 Å². The standard InChI is InChI=1S/C17H17N5O2/c1-12-8-14(23)6-7-15(12)20-17(24)21-16-5-3-2-4-13(16)9-22-11-18-10-19-22/h2-8,10-11,23H,9H2,1H3,(H2,20,21,24). The number of benzene rings is 2. The summed E-state index contributed by atoms with van der Waals surface area (Å²) < 4.78 is 1.68. The van der Waals surface area contributed by atoms with Crippen LogP contribution in [0, 0.1) is 6.92 Å². The van der Waals surface area contributed by atoms with E-state index in [9.17, 15) is 9.90 Å². The second-order valence-corrected chi connectivity index (χ2v) is 5.33. The van der Waals surface area contributed by atoms with Crippen LogP contribution >= 0.6 is 0 Å². The molecule has 0 saturated carbocycles. The maximum absolute atomic E-state index is 12.3. The highest BCUT2D eigenvalue weighted by Gasteiger charge is 2.09. The molecule has 122 valence electrons. The molecule has 7 nitrogen and oxygen atoms in total. The lowest BCUT2D eigenvalue weighted by atomic mass is 10.1. The Bertz CT molecular complexity index is 846. The van der Waals surface area contributed by atoms with Gasteiger partial charge in [-0.05, 0) is 42.3 Å². The number of urea groups is 1. The Morgan fingerprint density at radius 3 is 2.71 bits per heavy atom. The van der Waals surface area contributed by atoms with Gasteiger partial charge < -0.3 is 15.7 Å².